The van der Waals surface area contributed by atoms with Crippen molar-refractivity contribution in [1.82, 2.24) is 0 Å². The van der Waals surface area contributed by atoms with Crippen molar-refractivity contribution in [2.75, 3.05) is 0 Å². The van der Waals surface area contributed by atoms with Crippen LogP contribution in [0.4, 0.5) is 0 Å². The molecule has 2 aromatic carbocycles. The molecule has 0 nitrogen and oxygen atoms in total. The van der Waals surface area contributed by atoms with Crippen LogP contribution < -0.4 is 0 Å². The van der Waals surface area contributed by atoms with E-state index in [0.29, 0.717) is 5.92 Å². The molecular formula is C20H20Y-2. The normalized spacial score (nSPS) is 16.3. The molecule has 0 atom stereocenters. The maximum Gasteiger partial charge on any atom is 0 e. The molecule has 1 radical (unpaired) electrons. The molecule has 1 aliphatic carbocycles. The van der Waals surface area contributed by atoms with E-state index >= 15 is 0 Å². The predicted molar refractivity (Wildman–Crippen MR) is 84.0 cm³/mol. The zero-order valence-corrected chi connectivity index (χ0v) is 15.2. The van der Waals surface area contributed by atoms with Crippen molar-refractivity contribution in [2.45, 2.75) is 32.1 Å². The van der Waals surface area contributed by atoms with Crippen LogP contribution in [0.1, 0.15) is 43.2 Å². The van der Waals surface area contributed by atoms with Crippen molar-refractivity contribution < 1.29 is 32.7 Å². The second-order valence-corrected chi connectivity index (χ2v) is 5.50. The summed E-state index contributed by atoms with van der Waals surface area (Å²) in [5, 5.41) is 0. The zero-order chi connectivity index (χ0) is 13.6. The number of allylic oxidation sites excluding steroid dienone is 1. The molecule has 21 heavy (non-hydrogen) atoms. The van der Waals surface area contributed by atoms with Crippen LogP contribution in [0, 0.1) is 18.1 Å². The van der Waals surface area contributed by atoms with Crippen molar-refractivity contribution in [3.63, 3.8) is 0 Å². The number of hydrogen-bond donors (Lipinski definition) is 0. The first kappa shape index (κ1) is 16.7. The van der Waals surface area contributed by atoms with Gasteiger partial charge in [-0.15, -0.1) is 18.2 Å². The molecule has 0 unspecified atom stereocenters. The third-order valence-corrected chi connectivity index (χ3v) is 3.99. The van der Waals surface area contributed by atoms with Crippen LogP contribution in [-0.2, 0) is 32.7 Å². The molecule has 0 amide bonds. The summed E-state index contributed by atoms with van der Waals surface area (Å²) >= 11 is 0. The Hall–Kier alpha value is -0.716. The molecule has 0 aliphatic heterocycles. The molecule has 3 rings (SSSR count). The molecule has 2 aromatic rings. The number of benzene rings is 2. The topological polar surface area (TPSA) is 0 Å². The van der Waals surface area contributed by atoms with Gasteiger partial charge >= 0.3 is 0 Å². The first-order chi connectivity index (χ1) is 9.93. The van der Waals surface area contributed by atoms with Crippen LogP contribution >= 0.6 is 0 Å². The van der Waals surface area contributed by atoms with Crippen molar-refractivity contribution in [3.05, 3.63) is 77.9 Å². The van der Waals surface area contributed by atoms with E-state index < -0.39 is 0 Å². The average Bonchev–Trinajstić information content (AvgIpc) is 2.55. The molecule has 105 valence electrons. The maximum atomic E-state index is 3.77. The second-order valence-electron chi connectivity index (χ2n) is 5.50. The summed E-state index contributed by atoms with van der Waals surface area (Å²) in [5.74, 6) is 0.604. The SMILES string of the molecule is [C-](=C(c1[c-]cccc1)c1ccccc1)C1CCCCC1.[Y]. The van der Waals surface area contributed by atoms with Crippen LogP contribution in [-0.4, -0.2) is 0 Å². The van der Waals surface area contributed by atoms with Gasteiger partial charge in [-0.2, -0.15) is 17.7 Å². The molecule has 1 saturated carbocycles. The zero-order valence-electron chi connectivity index (χ0n) is 12.4. The van der Waals surface area contributed by atoms with Crippen LogP contribution in [0.2, 0.25) is 0 Å². The fraction of sp³-hybridized carbons (Fsp3) is 0.300. The molecular weight excluding hydrogens is 329 g/mol. The summed E-state index contributed by atoms with van der Waals surface area (Å²) in [4.78, 5) is 0. The monoisotopic (exact) mass is 349 g/mol. The van der Waals surface area contributed by atoms with E-state index in [0.717, 1.165) is 5.56 Å². The van der Waals surface area contributed by atoms with Crippen LogP contribution in [0.3, 0.4) is 0 Å². The summed E-state index contributed by atoms with van der Waals surface area (Å²) in [6, 6.07) is 22.2. The van der Waals surface area contributed by atoms with Gasteiger partial charge in [0.05, 0.1) is 0 Å². The molecule has 1 aliphatic rings. The van der Waals surface area contributed by atoms with Crippen LogP contribution in [0.25, 0.3) is 5.57 Å². The Morgan fingerprint density at radius 1 is 0.905 bits per heavy atom. The minimum absolute atomic E-state index is 0. The molecule has 1 fully saturated rings. The Kier molecular flexibility index (Phi) is 6.87. The smallest absolute Gasteiger partial charge is 0 e. The Bertz CT molecular complexity index is 509. The average molecular weight is 349 g/mol. The largest absolute Gasteiger partial charge is 0.266 e. The first-order valence-electron chi connectivity index (χ1n) is 7.59. The van der Waals surface area contributed by atoms with Gasteiger partial charge in [-0.25, -0.2) is 18.2 Å². The molecule has 0 aromatic heterocycles. The van der Waals surface area contributed by atoms with Gasteiger partial charge in [-0.05, 0) is 0 Å². The van der Waals surface area contributed by atoms with E-state index in [-0.39, 0.29) is 32.7 Å². The second kappa shape index (κ2) is 8.66. The molecule has 0 bridgehead atoms. The Balaban J connectivity index is 0.00000161. The Morgan fingerprint density at radius 3 is 2.29 bits per heavy atom. The summed E-state index contributed by atoms with van der Waals surface area (Å²) < 4.78 is 0. The molecule has 0 spiro atoms. The Labute approximate surface area is 153 Å². The van der Waals surface area contributed by atoms with E-state index in [1.54, 1.807) is 0 Å². The third kappa shape index (κ3) is 4.63. The maximum absolute atomic E-state index is 3.77. The van der Waals surface area contributed by atoms with Gasteiger partial charge in [0.1, 0.15) is 0 Å². The van der Waals surface area contributed by atoms with Crippen LogP contribution in [0.15, 0.2) is 54.6 Å². The van der Waals surface area contributed by atoms with Gasteiger partial charge in [0, 0.05) is 32.7 Å². The predicted octanol–water partition coefficient (Wildman–Crippen LogP) is 5.30. The minimum Gasteiger partial charge on any atom is -0.266 e. The van der Waals surface area contributed by atoms with Crippen LogP contribution in [0.5, 0.6) is 0 Å². The first-order valence-corrected chi connectivity index (χ1v) is 7.59. The summed E-state index contributed by atoms with van der Waals surface area (Å²) in [6.45, 7) is 0. The number of hydrogen-bond acceptors (Lipinski definition) is 0. The van der Waals surface area contributed by atoms with Crippen molar-refractivity contribution >= 4 is 5.57 Å². The minimum atomic E-state index is 0. The fourth-order valence-corrected chi connectivity index (χ4v) is 2.92. The molecule has 1 heteroatoms. The van der Waals surface area contributed by atoms with E-state index in [9.17, 15) is 0 Å². The number of rotatable bonds is 3. The fourth-order valence-electron chi connectivity index (χ4n) is 2.92. The summed E-state index contributed by atoms with van der Waals surface area (Å²) in [6.07, 6.45) is 10.4. The van der Waals surface area contributed by atoms with Crippen molar-refractivity contribution in [1.29, 1.82) is 0 Å². The van der Waals surface area contributed by atoms with E-state index in [4.69, 9.17) is 0 Å². The van der Waals surface area contributed by atoms with Gasteiger partial charge in [0.25, 0.3) is 0 Å². The quantitative estimate of drug-likeness (QED) is 0.660. The Morgan fingerprint density at radius 2 is 1.62 bits per heavy atom. The third-order valence-electron chi connectivity index (χ3n) is 3.99. The standard InChI is InChI=1S/C20H20.Y/c1-4-10-17(11-5-1)16-20(18-12-6-2-7-13-18)19-14-8-3-9-15-19;/h2-3,6-9,12-14,17H,1,4-5,10-11H2;/q-2;. The van der Waals surface area contributed by atoms with Gasteiger partial charge < -0.3 is 0 Å². The van der Waals surface area contributed by atoms with Gasteiger partial charge in [0.2, 0.25) is 0 Å². The van der Waals surface area contributed by atoms with E-state index in [1.807, 2.05) is 12.1 Å². The van der Waals surface area contributed by atoms with Crippen molar-refractivity contribution in [2.24, 2.45) is 5.92 Å². The molecule has 0 heterocycles. The molecule has 0 saturated heterocycles. The summed E-state index contributed by atoms with van der Waals surface area (Å²) in [5.41, 5.74) is 3.63. The van der Waals surface area contributed by atoms with Crippen molar-refractivity contribution in [3.8, 4) is 0 Å². The van der Waals surface area contributed by atoms with Gasteiger partial charge in [-0.1, -0.05) is 56.2 Å². The van der Waals surface area contributed by atoms with E-state index in [1.165, 1.54) is 43.2 Å². The van der Waals surface area contributed by atoms with Gasteiger partial charge in [0.15, 0.2) is 0 Å². The van der Waals surface area contributed by atoms with E-state index in [2.05, 4.69) is 54.6 Å². The summed E-state index contributed by atoms with van der Waals surface area (Å²) in [7, 11) is 0. The van der Waals surface area contributed by atoms with Gasteiger partial charge in [-0.3, -0.25) is 11.1 Å². The molecule has 0 N–H and O–H groups in total.